The Balaban J connectivity index is 1.00. The number of benzene rings is 3. The zero-order valence-corrected chi connectivity index (χ0v) is 46.8. The van der Waals surface area contributed by atoms with E-state index >= 15 is 0 Å². The number of carbonyl (C=O) groups excluding carboxylic acids is 4. The first-order valence-corrected chi connectivity index (χ1v) is 28.2. The molecule has 7 aliphatic heterocycles. The van der Waals surface area contributed by atoms with Crippen LogP contribution in [0.2, 0.25) is 0 Å². The highest BCUT2D eigenvalue weighted by Crippen LogP contribution is 2.51. The van der Waals surface area contributed by atoms with Gasteiger partial charge in [-0.15, -0.1) is 0 Å². The number of aliphatic hydroxyl groups is 2. The molecule has 7 heterocycles. The van der Waals surface area contributed by atoms with Gasteiger partial charge in [0.15, 0.2) is 5.75 Å². The highest BCUT2D eigenvalue weighted by Gasteiger charge is 2.51. The number of aromatic hydroxyl groups is 2. The number of anilines is 1. The number of hydrogen-bond acceptors (Lipinski definition) is 15. The van der Waals surface area contributed by atoms with Crippen molar-refractivity contribution in [2.75, 3.05) is 44.6 Å². The molecular formula is C61H80N6O11. The van der Waals surface area contributed by atoms with E-state index in [2.05, 4.69) is 58.2 Å². The summed E-state index contributed by atoms with van der Waals surface area (Å²) < 4.78 is 18.8. The van der Waals surface area contributed by atoms with E-state index in [-0.39, 0.29) is 62.0 Å². The molecule has 17 nitrogen and oxygen atoms in total. The van der Waals surface area contributed by atoms with Crippen LogP contribution in [0, 0.1) is 42.4 Å². The quantitative estimate of drug-likeness (QED) is 0.0913. The average Bonchev–Trinajstić information content (AvgIpc) is 4.10. The number of nitrogens with zero attached hydrogens (tertiary/aromatic N) is 5. The van der Waals surface area contributed by atoms with Crippen LogP contribution in [-0.4, -0.2) is 134 Å². The van der Waals surface area contributed by atoms with Crippen molar-refractivity contribution in [1.82, 2.24) is 14.7 Å². The number of carbonyl (C=O) groups is 4. The molecule has 1 spiro atoms. The van der Waals surface area contributed by atoms with Crippen molar-refractivity contribution >= 4 is 40.0 Å². The minimum absolute atomic E-state index is 0.0598. The highest BCUT2D eigenvalue weighted by atomic mass is 16.7. The lowest BCUT2D eigenvalue weighted by molar-refractivity contribution is -0.163. The molecule has 0 aromatic heterocycles. The van der Waals surface area contributed by atoms with E-state index in [1.54, 1.807) is 63.8 Å². The van der Waals surface area contributed by atoms with Crippen molar-refractivity contribution in [3.8, 4) is 17.2 Å². The summed E-state index contributed by atoms with van der Waals surface area (Å²) in [7, 11) is 0. The third kappa shape index (κ3) is 11.2. The standard InChI is InChI=1S/C61H80N6O11/c1-34(2)31-65-27-23-61(24-28-65)63-49-46-47-54(72)40(8)57-48(46)58(74)60(9,78-57)76-29-15-18-36(4)56(39(7)53(71)38(6)52(70)35(3)16-13-17-37(5)59(75)62-51(55(47)73)50(49)64-61)77-45(69)30-44(68)67-26-22-43-42(33-67)21-14-25-66(43)32-41-19-11-10-12-20-41/h10-13,15-17,19-20,29,34-36,38-39,42-43,52-53,56,63,70-73H,14,18,21-28,30-33H2,1-9H3/b16-13+,29-15+,37-17-,62-51?/t35-,36+,38+,39+,42?,43?,52-,53+,56+,60-/m0/s1. The molecule has 0 aliphatic carbocycles. The van der Waals surface area contributed by atoms with E-state index in [9.17, 15) is 39.6 Å². The number of allylic oxidation sites excluding steroid dienone is 3. The summed E-state index contributed by atoms with van der Waals surface area (Å²) >= 11 is 0. The fraction of sp³-hybridized carbons (Fsp3) is 0.574. The van der Waals surface area contributed by atoms with E-state index in [0.717, 1.165) is 52.0 Å². The Kier molecular flexibility index (Phi) is 16.6. The van der Waals surface area contributed by atoms with Crippen LogP contribution < -0.4 is 20.8 Å². The number of ketones is 1. The number of phenols is 2. The van der Waals surface area contributed by atoms with Crippen LogP contribution >= 0.6 is 0 Å². The van der Waals surface area contributed by atoms with E-state index in [0.29, 0.717) is 49.5 Å². The van der Waals surface area contributed by atoms with Gasteiger partial charge in [0.2, 0.25) is 5.91 Å². The summed E-state index contributed by atoms with van der Waals surface area (Å²) in [5.41, 5.74) is 1.14. The van der Waals surface area contributed by atoms with Crippen LogP contribution in [-0.2, 0) is 30.4 Å². The van der Waals surface area contributed by atoms with Gasteiger partial charge in [0, 0.05) is 99.4 Å². The number of nitrogens with one attached hydrogen (secondary N) is 1. The van der Waals surface area contributed by atoms with Crippen molar-refractivity contribution < 1.29 is 53.8 Å². The van der Waals surface area contributed by atoms with E-state index in [1.807, 2.05) is 13.0 Å². The highest BCUT2D eigenvalue weighted by molar-refractivity contribution is 6.21. The van der Waals surface area contributed by atoms with Gasteiger partial charge in [-0.3, -0.25) is 29.1 Å². The molecule has 7 aliphatic rings. The lowest BCUT2D eigenvalue weighted by Gasteiger charge is -2.47. The normalized spacial score (nSPS) is 31.3. The Bertz CT molecular complexity index is 3020. The van der Waals surface area contributed by atoms with E-state index in [4.69, 9.17) is 19.2 Å². The zero-order chi connectivity index (χ0) is 56.0. The molecule has 3 aromatic carbocycles. The third-order valence-corrected chi connectivity index (χ3v) is 17.5. The van der Waals surface area contributed by atoms with Crippen LogP contribution in [0.4, 0.5) is 5.69 Å². The first-order chi connectivity index (χ1) is 37.1. The molecule has 5 bridgehead atoms. The van der Waals surface area contributed by atoms with Gasteiger partial charge in [-0.2, -0.15) is 0 Å². The fourth-order valence-corrected chi connectivity index (χ4v) is 13.0. The van der Waals surface area contributed by atoms with Crippen LogP contribution in [0.3, 0.4) is 0 Å². The fourth-order valence-electron chi connectivity index (χ4n) is 13.0. The number of likely N-dealkylation sites (tertiary alicyclic amines) is 3. The predicted molar refractivity (Wildman–Crippen MR) is 295 cm³/mol. The maximum atomic E-state index is 14.9. The second kappa shape index (κ2) is 22.9. The zero-order valence-electron chi connectivity index (χ0n) is 46.8. The maximum Gasteiger partial charge on any atom is 0.315 e. The summed E-state index contributed by atoms with van der Waals surface area (Å²) in [5, 5.41) is 51.6. The van der Waals surface area contributed by atoms with Gasteiger partial charge < -0.3 is 49.8 Å². The molecule has 3 fully saturated rings. The van der Waals surface area contributed by atoms with Crippen LogP contribution in [0.15, 0.2) is 76.5 Å². The summed E-state index contributed by atoms with van der Waals surface area (Å²) in [6.07, 6.45) is 8.48. The molecule has 10 atom stereocenters. The number of hydrogen-bond donors (Lipinski definition) is 5. The van der Waals surface area contributed by atoms with Crippen LogP contribution in [0.25, 0.3) is 10.8 Å². The Hall–Kier alpha value is -6.14. The van der Waals surface area contributed by atoms with Crippen LogP contribution in [0.5, 0.6) is 17.2 Å². The molecule has 0 saturated carbocycles. The Morgan fingerprint density at radius 2 is 1.65 bits per heavy atom. The van der Waals surface area contributed by atoms with Gasteiger partial charge in [0.05, 0.1) is 35.1 Å². The first kappa shape index (κ1) is 56.6. The van der Waals surface area contributed by atoms with Gasteiger partial charge in [0.25, 0.3) is 11.7 Å². The molecule has 3 aromatic rings. The van der Waals surface area contributed by atoms with E-state index in [1.165, 1.54) is 18.7 Å². The van der Waals surface area contributed by atoms with Crippen molar-refractivity contribution in [1.29, 1.82) is 0 Å². The monoisotopic (exact) mass is 1070 g/mol. The second-order valence-electron chi connectivity index (χ2n) is 23.8. The smallest absolute Gasteiger partial charge is 0.315 e. The number of piperidine rings is 3. The Morgan fingerprint density at radius 1 is 0.923 bits per heavy atom. The van der Waals surface area contributed by atoms with Gasteiger partial charge >= 0.3 is 11.8 Å². The van der Waals surface area contributed by atoms with Gasteiger partial charge in [-0.05, 0) is 75.5 Å². The van der Waals surface area contributed by atoms with Crippen LogP contribution in [0.1, 0.15) is 122 Å². The molecule has 2 amide bonds. The lowest BCUT2D eigenvalue weighted by atomic mass is 9.79. The van der Waals surface area contributed by atoms with Crippen molar-refractivity contribution in [3.05, 3.63) is 93.9 Å². The third-order valence-electron chi connectivity index (χ3n) is 17.5. The van der Waals surface area contributed by atoms with Crippen molar-refractivity contribution in [2.45, 2.75) is 150 Å². The lowest BCUT2D eigenvalue weighted by Crippen LogP contribution is -2.55. The summed E-state index contributed by atoms with van der Waals surface area (Å²) in [6, 6.07) is 10.8. The summed E-state index contributed by atoms with van der Waals surface area (Å²) in [6.45, 7) is 21.4. The SMILES string of the molecule is C/C1=C/C=C/[C@H](C)[C@H](O)[C@@H](C)[C@@H](O)[C@@H](C)[C@H](OC(=O)CC(=O)N2CCC3C(CCCN3Cc3ccccc3)C2)[C@H](C)C/C=C/O[C@@]2(C)Oc3c(C)c(O)c4c(O)c(c5c(c4c3C2=O)NC2(CCN(CC(C)C)CC2)N=5)=NC1=O. The molecule has 420 valence electrons. The number of amides is 2. The number of aliphatic hydroxyl groups excluding tert-OH is 2. The van der Waals surface area contributed by atoms with Crippen molar-refractivity contribution in [2.24, 2.45) is 45.5 Å². The molecule has 3 saturated heterocycles. The molecule has 78 heavy (non-hydrogen) atoms. The maximum absolute atomic E-state index is 14.9. The minimum Gasteiger partial charge on any atom is -0.507 e. The number of esters is 1. The molecular weight excluding hydrogens is 993 g/mol. The number of rotatable bonds is 7. The number of ether oxygens (including phenoxy) is 3. The first-order valence-electron chi connectivity index (χ1n) is 28.2. The minimum atomic E-state index is -1.95. The van der Waals surface area contributed by atoms with Crippen molar-refractivity contribution in [3.63, 3.8) is 0 Å². The molecule has 2 unspecified atom stereocenters. The molecule has 0 radical (unpaired) electrons. The summed E-state index contributed by atoms with van der Waals surface area (Å²) in [4.78, 5) is 73.2. The van der Waals surface area contributed by atoms with Gasteiger partial charge in [-0.25, -0.2) is 4.99 Å². The number of Topliss-reactive ketones (excluding diaryl/α,β-unsaturated/α-hetero) is 1. The second-order valence-corrected chi connectivity index (χ2v) is 23.8. The van der Waals surface area contributed by atoms with E-state index < -0.39 is 83.3 Å². The molecule has 17 heteroatoms. The number of fused-ring (bicyclic) bond motifs is 14. The van der Waals surface area contributed by atoms with Gasteiger partial charge in [0.1, 0.15) is 40.4 Å². The predicted octanol–water partition coefficient (Wildman–Crippen LogP) is 7.01. The summed E-state index contributed by atoms with van der Waals surface area (Å²) in [5.74, 6) is -6.79. The Labute approximate surface area is 457 Å². The Morgan fingerprint density at radius 3 is 2.37 bits per heavy atom. The number of phenolic OH excluding ortho intramolecular Hbond substituents is 2. The largest absolute Gasteiger partial charge is 0.507 e. The molecule has 5 N–H and O–H groups in total. The van der Waals surface area contributed by atoms with Gasteiger partial charge in [-0.1, -0.05) is 90.1 Å². The average molecular weight is 1070 g/mol. The molecule has 10 rings (SSSR count). The topological polar surface area (TPSA) is 223 Å².